The summed E-state index contributed by atoms with van der Waals surface area (Å²) in [4.78, 5) is 12.9. The van der Waals surface area contributed by atoms with Gasteiger partial charge < -0.3 is 9.67 Å². The van der Waals surface area contributed by atoms with Crippen molar-refractivity contribution in [3.8, 4) is 0 Å². The Morgan fingerprint density at radius 3 is 2.65 bits per heavy atom. The molecule has 2 aromatic heterocycles. The van der Waals surface area contributed by atoms with Gasteiger partial charge in [-0.25, -0.2) is 9.97 Å². The van der Waals surface area contributed by atoms with E-state index in [1.807, 2.05) is 11.7 Å². The summed E-state index contributed by atoms with van der Waals surface area (Å²) in [5, 5.41) is 9.50. The molecular weight excluding hydrogens is 308 g/mol. The molecule has 23 heavy (non-hydrogen) atoms. The SMILES string of the molecule is Cc1ncsc1CN1CCC(c2ncc(C)n2[C@H](C)CO)CC1. The van der Waals surface area contributed by atoms with Crippen LogP contribution in [0.15, 0.2) is 11.7 Å². The Bertz CT molecular complexity index is 643. The molecule has 0 saturated carbocycles. The van der Waals surface area contributed by atoms with Crippen LogP contribution < -0.4 is 0 Å². The minimum absolute atomic E-state index is 0.102. The normalized spacial score (nSPS) is 18.4. The van der Waals surface area contributed by atoms with Crippen molar-refractivity contribution in [3.05, 3.63) is 33.8 Å². The van der Waals surface area contributed by atoms with Gasteiger partial charge in [0.05, 0.1) is 23.9 Å². The van der Waals surface area contributed by atoms with Gasteiger partial charge in [0.2, 0.25) is 0 Å². The maximum atomic E-state index is 9.50. The largest absolute Gasteiger partial charge is 0.394 e. The van der Waals surface area contributed by atoms with Gasteiger partial charge in [0.1, 0.15) is 5.82 Å². The van der Waals surface area contributed by atoms with E-state index in [0.717, 1.165) is 44.0 Å². The fourth-order valence-electron chi connectivity index (χ4n) is 3.45. The summed E-state index contributed by atoms with van der Waals surface area (Å²) in [6.45, 7) is 9.60. The van der Waals surface area contributed by atoms with Gasteiger partial charge in [-0.1, -0.05) is 0 Å². The highest BCUT2D eigenvalue weighted by Crippen LogP contribution is 2.30. The maximum absolute atomic E-state index is 9.50. The van der Waals surface area contributed by atoms with Crippen LogP contribution in [0.1, 0.15) is 53.8 Å². The minimum Gasteiger partial charge on any atom is -0.394 e. The van der Waals surface area contributed by atoms with Crippen LogP contribution in [0.3, 0.4) is 0 Å². The summed E-state index contributed by atoms with van der Waals surface area (Å²) in [5.41, 5.74) is 4.25. The van der Waals surface area contributed by atoms with Gasteiger partial charge in [0.15, 0.2) is 0 Å². The van der Waals surface area contributed by atoms with Gasteiger partial charge in [0, 0.05) is 29.2 Å². The molecule has 0 spiro atoms. The molecule has 0 unspecified atom stereocenters. The topological polar surface area (TPSA) is 54.2 Å². The zero-order valence-corrected chi connectivity index (χ0v) is 15.0. The van der Waals surface area contributed by atoms with Crippen molar-refractivity contribution in [2.24, 2.45) is 0 Å². The first-order valence-electron chi connectivity index (χ1n) is 8.36. The second kappa shape index (κ2) is 7.11. The maximum Gasteiger partial charge on any atom is 0.112 e. The Kier molecular flexibility index (Phi) is 5.14. The fourth-order valence-corrected chi connectivity index (χ4v) is 4.27. The van der Waals surface area contributed by atoms with Crippen LogP contribution >= 0.6 is 11.3 Å². The van der Waals surface area contributed by atoms with Crippen molar-refractivity contribution in [3.63, 3.8) is 0 Å². The second-order valence-electron chi connectivity index (χ2n) is 6.57. The molecule has 6 heteroatoms. The van der Waals surface area contributed by atoms with Crippen molar-refractivity contribution in [1.29, 1.82) is 0 Å². The van der Waals surface area contributed by atoms with Gasteiger partial charge in [-0.05, 0) is 46.7 Å². The minimum atomic E-state index is 0.102. The van der Waals surface area contributed by atoms with Crippen LogP contribution in [-0.4, -0.2) is 44.2 Å². The van der Waals surface area contributed by atoms with Crippen molar-refractivity contribution < 1.29 is 5.11 Å². The standard InChI is InChI=1S/C17H26N4OS/c1-12-8-18-17(21(12)13(2)10-22)15-4-6-20(7-5-15)9-16-14(3)19-11-23-16/h8,11,13,15,22H,4-7,9-10H2,1-3H3/t13-/m1/s1. The van der Waals surface area contributed by atoms with Gasteiger partial charge in [0.25, 0.3) is 0 Å². The number of aliphatic hydroxyl groups excluding tert-OH is 1. The molecule has 1 fully saturated rings. The van der Waals surface area contributed by atoms with Crippen LogP contribution in [0.5, 0.6) is 0 Å². The van der Waals surface area contributed by atoms with Gasteiger partial charge in [-0.15, -0.1) is 11.3 Å². The zero-order chi connectivity index (χ0) is 16.4. The predicted octanol–water partition coefficient (Wildman–Crippen LogP) is 2.89. The third-order valence-electron chi connectivity index (χ3n) is 4.88. The molecule has 1 saturated heterocycles. The average molecular weight is 334 g/mol. The number of aryl methyl sites for hydroxylation is 2. The first-order chi connectivity index (χ1) is 11.1. The molecule has 0 radical (unpaired) electrons. The van der Waals surface area contributed by atoms with Gasteiger partial charge in [-0.3, -0.25) is 4.90 Å². The highest BCUT2D eigenvalue weighted by atomic mass is 32.1. The molecule has 5 nitrogen and oxygen atoms in total. The van der Waals surface area contributed by atoms with Crippen molar-refractivity contribution >= 4 is 11.3 Å². The molecule has 126 valence electrons. The number of piperidine rings is 1. The van der Waals surface area contributed by atoms with E-state index >= 15 is 0 Å². The number of hydrogen-bond acceptors (Lipinski definition) is 5. The van der Waals surface area contributed by atoms with E-state index in [9.17, 15) is 5.11 Å². The Labute approximate surface area is 142 Å². The lowest BCUT2D eigenvalue weighted by molar-refractivity contribution is 0.194. The van der Waals surface area contributed by atoms with E-state index in [1.165, 1.54) is 10.6 Å². The van der Waals surface area contributed by atoms with E-state index in [4.69, 9.17) is 0 Å². The summed E-state index contributed by atoms with van der Waals surface area (Å²) in [5.74, 6) is 1.65. The summed E-state index contributed by atoms with van der Waals surface area (Å²) in [7, 11) is 0. The molecule has 0 aliphatic carbocycles. The lowest BCUT2D eigenvalue weighted by Gasteiger charge is -2.32. The van der Waals surface area contributed by atoms with E-state index < -0.39 is 0 Å². The molecule has 1 atom stereocenters. The second-order valence-corrected chi connectivity index (χ2v) is 7.51. The Hall–Kier alpha value is -1.24. The van der Waals surface area contributed by atoms with E-state index in [2.05, 4.69) is 40.2 Å². The highest BCUT2D eigenvalue weighted by Gasteiger charge is 2.26. The van der Waals surface area contributed by atoms with Gasteiger partial charge >= 0.3 is 0 Å². The Morgan fingerprint density at radius 1 is 1.30 bits per heavy atom. The zero-order valence-electron chi connectivity index (χ0n) is 14.2. The third-order valence-corrected chi connectivity index (χ3v) is 5.80. The Balaban J connectivity index is 1.64. The monoisotopic (exact) mass is 334 g/mol. The number of thiazole rings is 1. The summed E-state index contributed by atoms with van der Waals surface area (Å²) >= 11 is 1.76. The average Bonchev–Trinajstić information content (AvgIpc) is 3.14. The van der Waals surface area contributed by atoms with E-state index in [-0.39, 0.29) is 12.6 Å². The molecule has 2 aromatic rings. The lowest BCUT2D eigenvalue weighted by Crippen LogP contribution is -2.33. The van der Waals surface area contributed by atoms with Crippen LogP contribution in [0.25, 0.3) is 0 Å². The molecule has 0 amide bonds. The molecule has 1 aliphatic heterocycles. The fraction of sp³-hybridized carbons (Fsp3) is 0.647. The molecule has 0 aromatic carbocycles. The molecule has 3 rings (SSSR count). The summed E-state index contributed by atoms with van der Waals surface area (Å²) in [6.07, 6.45) is 4.20. The third kappa shape index (κ3) is 3.49. The van der Waals surface area contributed by atoms with Crippen molar-refractivity contribution in [2.45, 2.75) is 52.1 Å². The van der Waals surface area contributed by atoms with Crippen LogP contribution in [0, 0.1) is 13.8 Å². The lowest BCUT2D eigenvalue weighted by atomic mass is 9.95. The van der Waals surface area contributed by atoms with E-state index in [0.29, 0.717) is 5.92 Å². The molecule has 0 bridgehead atoms. The van der Waals surface area contributed by atoms with Crippen LogP contribution in [-0.2, 0) is 6.54 Å². The van der Waals surface area contributed by atoms with Crippen LogP contribution in [0.2, 0.25) is 0 Å². The molecule has 1 N–H and O–H groups in total. The van der Waals surface area contributed by atoms with E-state index in [1.54, 1.807) is 11.3 Å². The number of hydrogen-bond donors (Lipinski definition) is 1. The highest BCUT2D eigenvalue weighted by molar-refractivity contribution is 7.09. The summed E-state index contributed by atoms with van der Waals surface area (Å²) < 4.78 is 2.22. The molecule has 3 heterocycles. The number of nitrogens with zero attached hydrogens (tertiary/aromatic N) is 4. The van der Waals surface area contributed by atoms with Crippen molar-refractivity contribution in [2.75, 3.05) is 19.7 Å². The smallest absolute Gasteiger partial charge is 0.112 e. The summed E-state index contributed by atoms with van der Waals surface area (Å²) in [6, 6.07) is 0.102. The number of imidazole rings is 1. The number of likely N-dealkylation sites (tertiary alicyclic amines) is 1. The number of aromatic nitrogens is 3. The number of aliphatic hydroxyl groups is 1. The van der Waals surface area contributed by atoms with Crippen LogP contribution in [0.4, 0.5) is 0 Å². The Morgan fingerprint density at radius 2 is 2.04 bits per heavy atom. The quantitative estimate of drug-likeness (QED) is 0.913. The molecular formula is C17H26N4OS. The predicted molar refractivity (Wildman–Crippen MR) is 92.9 cm³/mol. The number of rotatable bonds is 5. The van der Waals surface area contributed by atoms with Crippen molar-refractivity contribution in [1.82, 2.24) is 19.4 Å². The first-order valence-corrected chi connectivity index (χ1v) is 9.24. The first kappa shape index (κ1) is 16.6. The van der Waals surface area contributed by atoms with Gasteiger partial charge in [-0.2, -0.15) is 0 Å². The molecule has 1 aliphatic rings.